The zero-order chi connectivity index (χ0) is 11.5. The van der Waals surface area contributed by atoms with Crippen LogP contribution in [0, 0.1) is 0 Å². The lowest BCUT2D eigenvalue weighted by atomic mass is 10.1. The molecule has 4 nitrogen and oxygen atoms in total. The van der Waals surface area contributed by atoms with Gasteiger partial charge in [0.15, 0.2) is 0 Å². The van der Waals surface area contributed by atoms with Gasteiger partial charge in [0.2, 0.25) is 0 Å². The summed E-state index contributed by atoms with van der Waals surface area (Å²) in [5, 5.41) is 4.43. The Bertz CT molecular complexity index is 538. The Hall–Kier alpha value is -2.23. The van der Waals surface area contributed by atoms with E-state index in [1.807, 2.05) is 24.3 Å². The van der Waals surface area contributed by atoms with E-state index in [0.29, 0.717) is 5.69 Å². The molecule has 16 heavy (non-hydrogen) atoms. The van der Waals surface area contributed by atoms with Crippen LogP contribution in [0.3, 0.4) is 0 Å². The first-order valence-electron chi connectivity index (χ1n) is 4.84. The first kappa shape index (κ1) is 10.3. The Kier molecular flexibility index (Phi) is 2.64. The normalized spacial score (nSPS) is 10.1. The topological polar surface area (TPSA) is 64.3 Å². The van der Waals surface area contributed by atoms with E-state index in [4.69, 9.17) is 10.5 Å². The highest BCUT2D eigenvalue weighted by Gasteiger charge is 2.06. The molecule has 2 rings (SSSR count). The predicted molar refractivity (Wildman–Crippen MR) is 63.7 cm³/mol. The zero-order valence-electron chi connectivity index (χ0n) is 8.86. The Morgan fingerprint density at radius 1 is 1.19 bits per heavy atom. The van der Waals surface area contributed by atoms with Gasteiger partial charge in [-0.2, -0.15) is 0 Å². The Morgan fingerprint density at radius 3 is 2.50 bits per heavy atom. The van der Waals surface area contributed by atoms with Crippen molar-refractivity contribution in [1.29, 1.82) is 0 Å². The smallest absolute Gasteiger partial charge is 0.316 e. The maximum atomic E-state index is 10.8. The number of benzene rings is 2. The van der Waals surface area contributed by atoms with Crippen LogP contribution in [0.4, 0.5) is 10.5 Å². The fourth-order valence-electron chi connectivity index (χ4n) is 1.69. The summed E-state index contributed by atoms with van der Waals surface area (Å²) < 4.78 is 5.24. The molecule has 0 saturated carbocycles. The summed E-state index contributed by atoms with van der Waals surface area (Å²) in [6.07, 6.45) is 0. The molecule has 0 aliphatic carbocycles. The Balaban J connectivity index is 2.64. The van der Waals surface area contributed by atoms with Gasteiger partial charge in [0, 0.05) is 10.8 Å². The summed E-state index contributed by atoms with van der Waals surface area (Å²) in [5.41, 5.74) is 5.79. The number of nitrogens with one attached hydrogen (secondary N) is 1. The molecule has 0 aromatic heterocycles. The van der Waals surface area contributed by atoms with E-state index < -0.39 is 6.03 Å². The van der Waals surface area contributed by atoms with Crippen molar-refractivity contribution < 1.29 is 9.53 Å². The second-order valence-electron chi connectivity index (χ2n) is 3.35. The molecule has 0 heterocycles. The van der Waals surface area contributed by atoms with Crippen LogP contribution >= 0.6 is 0 Å². The maximum Gasteiger partial charge on any atom is 0.316 e. The van der Waals surface area contributed by atoms with E-state index in [0.717, 1.165) is 16.5 Å². The summed E-state index contributed by atoms with van der Waals surface area (Å²) in [6, 6.07) is 10.6. The first-order valence-corrected chi connectivity index (χ1v) is 4.84. The van der Waals surface area contributed by atoms with Crippen molar-refractivity contribution in [3.63, 3.8) is 0 Å². The summed E-state index contributed by atoms with van der Waals surface area (Å²) in [5.74, 6) is 0.769. The first-order chi connectivity index (χ1) is 7.72. The number of primary amides is 1. The Morgan fingerprint density at radius 2 is 1.88 bits per heavy atom. The quantitative estimate of drug-likeness (QED) is 0.809. The molecule has 0 atom stereocenters. The third kappa shape index (κ3) is 1.77. The molecular formula is C12H12N2O2. The molecule has 0 fully saturated rings. The minimum absolute atomic E-state index is 0.574. The molecule has 0 aliphatic heterocycles. The molecule has 82 valence electrons. The van der Waals surface area contributed by atoms with Gasteiger partial charge >= 0.3 is 6.03 Å². The van der Waals surface area contributed by atoms with Gasteiger partial charge in [0.05, 0.1) is 12.8 Å². The van der Waals surface area contributed by atoms with Gasteiger partial charge in [-0.1, -0.05) is 24.3 Å². The maximum absolute atomic E-state index is 10.8. The fraction of sp³-hybridized carbons (Fsp3) is 0.0833. The number of carbonyl (C=O) groups is 1. The van der Waals surface area contributed by atoms with Crippen molar-refractivity contribution in [2.24, 2.45) is 5.73 Å². The number of methoxy groups -OCH3 is 1. The molecule has 4 heteroatoms. The number of fused-ring (bicyclic) bond motifs is 1. The van der Waals surface area contributed by atoms with Crippen LogP contribution in [0.1, 0.15) is 0 Å². The predicted octanol–water partition coefficient (Wildman–Crippen LogP) is 2.34. The summed E-state index contributed by atoms with van der Waals surface area (Å²) in [6.45, 7) is 0. The monoisotopic (exact) mass is 216 g/mol. The SMILES string of the molecule is COc1ccc(NC(N)=O)c2ccccc12. The largest absolute Gasteiger partial charge is 0.496 e. The van der Waals surface area contributed by atoms with Gasteiger partial charge in [-0.05, 0) is 12.1 Å². The number of ether oxygens (including phenoxy) is 1. The number of carbonyl (C=O) groups excluding carboxylic acids is 1. The third-order valence-electron chi connectivity index (χ3n) is 2.36. The van der Waals surface area contributed by atoms with Crippen LogP contribution < -0.4 is 15.8 Å². The summed E-state index contributed by atoms with van der Waals surface area (Å²) in [7, 11) is 1.61. The van der Waals surface area contributed by atoms with Gasteiger partial charge in [0.1, 0.15) is 5.75 Å². The van der Waals surface area contributed by atoms with Crippen LogP contribution in [-0.2, 0) is 0 Å². The third-order valence-corrected chi connectivity index (χ3v) is 2.36. The van der Waals surface area contributed by atoms with E-state index in [9.17, 15) is 4.79 Å². The standard InChI is InChI=1S/C12H12N2O2/c1-16-11-7-6-10(14-12(13)15)8-4-2-3-5-9(8)11/h2-7H,1H3,(H3,13,14,15). The molecule has 0 bridgehead atoms. The zero-order valence-corrected chi connectivity index (χ0v) is 8.86. The Labute approximate surface area is 93.0 Å². The summed E-state index contributed by atoms with van der Waals surface area (Å²) in [4.78, 5) is 10.8. The molecule has 2 aromatic carbocycles. The minimum atomic E-state index is -0.574. The van der Waals surface area contributed by atoms with Gasteiger partial charge in [-0.15, -0.1) is 0 Å². The average molecular weight is 216 g/mol. The highest BCUT2D eigenvalue weighted by molar-refractivity contribution is 6.03. The number of nitrogens with two attached hydrogens (primary N) is 1. The fourth-order valence-corrected chi connectivity index (χ4v) is 1.69. The number of rotatable bonds is 2. The molecule has 0 aliphatic rings. The molecule has 0 saturated heterocycles. The average Bonchev–Trinajstić information content (AvgIpc) is 2.29. The van der Waals surface area contributed by atoms with Crippen molar-refractivity contribution in [2.75, 3.05) is 12.4 Å². The van der Waals surface area contributed by atoms with Crippen molar-refractivity contribution in [3.05, 3.63) is 36.4 Å². The van der Waals surface area contributed by atoms with Crippen LogP contribution in [0.5, 0.6) is 5.75 Å². The van der Waals surface area contributed by atoms with Gasteiger partial charge < -0.3 is 15.8 Å². The lowest BCUT2D eigenvalue weighted by molar-refractivity contribution is 0.259. The van der Waals surface area contributed by atoms with E-state index in [-0.39, 0.29) is 0 Å². The number of urea groups is 1. The lowest BCUT2D eigenvalue weighted by Crippen LogP contribution is -2.19. The van der Waals surface area contributed by atoms with Gasteiger partial charge in [-0.3, -0.25) is 0 Å². The number of amides is 2. The highest BCUT2D eigenvalue weighted by atomic mass is 16.5. The second-order valence-corrected chi connectivity index (χ2v) is 3.35. The van der Waals surface area contributed by atoms with Crippen LogP contribution in [0.15, 0.2) is 36.4 Å². The molecule has 0 spiro atoms. The van der Waals surface area contributed by atoms with Crippen LogP contribution in [-0.4, -0.2) is 13.1 Å². The number of anilines is 1. The van der Waals surface area contributed by atoms with E-state index >= 15 is 0 Å². The molecule has 0 radical (unpaired) electrons. The van der Waals surface area contributed by atoms with E-state index in [2.05, 4.69) is 5.32 Å². The summed E-state index contributed by atoms with van der Waals surface area (Å²) >= 11 is 0. The van der Waals surface area contributed by atoms with Crippen molar-refractivity contribution in [1.82, 2.24) is 0 Å². The van der Waals surface area contributed by atoms with Crippen molar-refractivity contribution in [3.8, 4) is 5.75 Å². The van der Waals surface area contributed by atoms with Crippen LogP contribution in [0.25, 0.3) is 10.8 Å². The minimum Gasteiger partial charge on any atom is -0.496 e. The van der Waals surface area contributed by atoms with E-state index in [1.54, 1.807) is 19.2 Å². The second kappa shape index (κ2) is 4.10. The van der Waals surface area contributed by atoms with Crippen LogP contribution in [0.2, 0.25) is 0 Å². The molecule has 3 N–H and O–H groups in total. The van der Waals surface area contributed by atoms with E-state index in [1.165, 1.54) is 0 Å². The van der Waals surface area contributed by atoms with Crippen molar-refractivity contribution in [2.45, 2.75) is 0 Å². The molecule has 2 aromatic rings. The number of hydrogen-bond acceptors (Lipinski definition) is 2. The molecular weight excluding hydrogens is 204 g/mol. The molecule has 2 amide bonds. The number of hydrogen-bond donors (Lipinski definition) is 2. The lowest BCUT2D eigenvalue weighted by Gasteiger charge is -2.10. The van der Waals surface area contributed by atoms with Gasteiger partial charge in [-0.25, -0.2) is 4.79 Å². The van der Waals surface area contributed by atoms with Crippen molar-refractivity contribution >= 4 is 22.5 Å². The highest BCUT2D eigenvalue weighted by Crippen LogP contribution is 2.31. The van der Waals surface area contributed by atoms with Gasteiger partial charge in [0.25, 0.3) is 0 Å². The molecule has 0 unspecified atom stereocenters.